The Hall–Kier alpha value is -1.71. The predicted octanol–water partition coefficient (Wildman–Crippen LogP) is 3.95. The molecule has 0 N–H and O–H groups in total. The second-order valence-electron chi connectivity index (χ2n) is 6.21. The second kappa shape index (κ2) is 8.80. The fraction of sp³-hybridized carbons (Fsp3) is 0.632. The summed E-state index contributed by atoms with van der Waals surface area (Å²) in [6.45, 7) is 3.69. The maximum absolute atomic E-state index is 12.4. The van der Waals surface area contributed by atoms with Gasteiger partial charge in [-0.05, 0) is 36.1 Å². The van der Waals surface area contributed by atoms with Crippen molar-refractivity contribution >= 4 is 5.91 Å². The lowest BCUT2D eigenvalue weighted by Crippen LogP contribution is -2.35. The predicted molar refractivity (Wildman–Crippen MR) is 92.0 cm³/mol. The number of benzene rings is 1. The highest BCUT2D eigenvalue weighted by atomic mass is 16.5. The SMILES string of the molecule is CCCCCCCC(=O)N1CCc2cc(OC)c(OC)cc2C1. The number of methoxy groups -OCH3 is 2. The molecule has 0 aromatic heterocycles. The van der Waals surface area contributed by atoms with Gasteiger partial charge in [-0.2, -0.15) is 0 Å². The largest absolute Gasteiger partial charge is 0.493 e. The standard InChI is InChI=1S/C19H29NO3/c1-4-5-6-7-8-9-19(21)20-11-10-15-12-17(22-2)18(23-3)13-16(15)14-20/h12-13H,4-11,14H2,1-3H3. The molecule has 0 saturated carbocycles. The molecule has 1 heterocycles. The zero-order valence-corrected chi connectivity index (χ0v) is 14.7. The Kier molecular flexibility index (Phi) is 6.75. The first-order valence-corrected chi connectivity index (χ1v) is 8.71. The summed E-state index contributed by atoms with van der Waals surface area (Å²) in [6.07, 6.45) is 7.48. The molecule has 1 amide bonds. The van der Waals surface area contributed by atoms with Crippen LogP contribution in [0.3, 0.4) is 0 Å². The van der Waals surface area contributed by atoms with Gasteiger partial charge >= 0.3 is 0 Å². The Balaban J connectivity index is 1.93. The van der Waals surface area contributed by atoms with E-state index in [9.17, 15) is 4.79 Å². The molecule has 0 aliphatic carbocycles. The molecular formula is C19H29NO3. The van der Waals surface area contributed by atoms with Crippen molar-refractivity contribution in [3.63, 3.8) is 0 Å². The quantitative estimate of drug-likeness (QED) is 0.681. The number of carbonyl (C=O) groups excluding carboxylic acids is 1. The lowest BCUT2D eigenvalue weighted by atomic mass is 9.98. The molecule has 0 saturated heterocycles. The van der Waals surface area contributed by atoms with Gasteiger partial charge in [0.15, 0.2) is 11.5 Å². The highest BCUT2D eigenvalue weighted by Gasteiger charge is 2.22. The molecule has 4 nitrogen and oxygen atoms in total. The molecular weight excluding hydrogens is 290 g/mol. The van der Waals surface area contributed by atoms with Crippen LogP contribution in [0.1, 0.15) is 56.6 Å². The van der Waals surface area contributed by atoms with Crippen LogP contribution in [0.2, 0.25) is 0 Å². The summed E-state index contributed by atoms with van der Waals surface area (Å²) >= 11 is 0. The molecule has 4 heteroatoms. The topological polar surface area (TPSA) is 38.8 Å². The number of rotatable bonds is 8. The molecule has 0 radical (unpaired) electrons. The van der Waals surface area contributed by atoms with Gasteiger partial charge in [0.1, 0.15) is 0 Å². The smallest absolute Gasteiger partial charge is 0.222 e. The van der Waals surface area contributed by atoms with E-state index in [1.807, 2.05) is 17.0 Å². The molecule has 1 aromatic carbocycles. The van der Waals surface area contributed by atoms with E-state index < -0.39 is 0 Å². The molecule has 2 rings (SSSR count). The summed E-state index contributed by atoms with van der Waals surface area (Å²) in [6, 6.07) is 4.05. The molecule has 0 fully saturated rings. The van der Waals surface area contributed by atoms with Crippen molar-refractivity contribution in [1.29, 1.82) is 0 Å². The number of ether oxygens (including phenoxy) is 2. The molecule has 1 aliphatic heterocycles. The molecule has 0 bridgehead atoms. The lowest BCUT2D eigenvalue weighted by molar-refractivity contribution is -0.132. The Morgan fingerprint density at radius 1 is 1.04 bits per heavy atom. The van der Waals surface area contributed by atoms with Crippen LogP contribution < -0.4 is 9.47 Å². The van der Waals surface area contributed by atoms with Gasteiger partial charge in [0.05, 0.1) is 14.2 Å². The van der Waals surface area contributed by atoms with E-state index in [-0.39, 0.29) is 5.91 Å². The lowest BCUT2D eigenvalue weighted by Gasteiger charge is -2.29. The van der Waals surface area contributed by atoms with Crippen LogP contribution in [0, 0.1) is 0 Å². The van der Waals surface area contributed by atoms with Crippen molar-refractivity contribution in [2.75, 3.05) is 20.8 Å². The minimum atomic E-state index is 0.280. The van der Waals surface area contributed by atoms with E-state index in [4.69, 9.17) is 9.47 Å². The number of carbonyl (C=O) groups is 1. The highest BCUT2D eigenvalue weighted by Crippen LogP contribution is 2.33. The number of nitrogens with zero attached hydrogens (tertiary/aromatic N) is 1. The van der Waals surface area contributed by atoms with E-state index in [1.54, 1.807) is 14.2 Å². The fourth-order valence-electron chi connectivity index (χ4n) is 3.13. The van der Waals surface area contributed by atoms with E-state index in [0.29, 0.717) is 13.0 Å². The first-order chi connectivity index (χ1) is 11.2. The average molecular weight is 319 g/mol. The molecule has 0 unspecified atom stereocenters. The summed E-state index contributed by atoms with van der Waals surface area (Å²) in [5.41, 5.74) is 2.43. The average Bonchev–Trinajstić information content (AvgIpc) is 2.59. The number of amides is 1. The summed E-state index contributed by atoms with van der Waals surface area (Å²) in [5, 5.41) is 0. The summed E-state index contributed by atoms with van der Waals surface area (Å²) < 4.78 is 10.7. The Morgan fingerprint density at radius 2 is 1.70 bits per heavy atom. The number of hydrogen-bond acceptors (Lipinski definition) is 3. The van der Waals surface area contributed by atoms with Crippen LogP contribution in [0.4, 0.5) is 0 Å². The molecule has 0 atom stereocenters. The maximum Gasteiger partial charge on any atom is 0.222 e. The molecule has 0 spiro atoms. The van der Waals surface area contributed by atoms with Gasteiger partial charge in [-0.3, -0.25) is 4.79 Å². The number of hydrogen-bond donors (Lipinski definition) is 0. The Morgan fingerprint density at radius 3 is 2.35 bits per heavy atom. The van der Waals surface area contributed by atoms with Crippen molar-refractivity contribution in [2.45, 2.75) is 58.4 Å². The van der Waals surface area contributed by atoms with Gasteiger partial charge in [-0.25, -0.2) is 0 Å². The van der Waals surface area contributed by atoms with E-state index in [1.165, 1.54) is 30.4 Å². The second-order valence-corrected chi connectivity index (χ2v) is 6.21. The molecule has 1 aromatic rings. The molecule has 1 aliphatic rings. The van der Waals surface area contributed by atoms with Gasteiger partial charge in [0.25, 0.3) is 0 Å². The summed E-state index contributed by atoms with van der Waals surface area (Å²) in [4.78, 5) is 14.4. The van der Waals surface area contributed by atoms with Crippen LogP contribution in [-0.2, 0) is 17.8 Å². The minimum Gasteiger partial charge on any atom is -0.493 e. The number of fused-ring (bicyclic) bond motifs is 1. The van der Waals surface area contributed by atoms with Crippen LogP contribution in [0.25, 0.3) is 0 Å². The van der Waals surface area contributed by atoms with Gasteiger partial charge in [0.2, 0.25) is 5.91 Å². The first-order valence-electron chi connectivity index (χ1n) is 8.71. The van der Waals surface area contributed by atoms with Crippen molar-refractivity contribution in [3.05, 3.63) is 23.3 Å². The zero-order valence-electron chi connectivity index (χ0n) is 14.7. The Bertz CT molecular complexity index is 528. The van der Waals surface area contributed by atoms with Gasteiger partial charge in [-0.1, -0.05) is 32.6 Å². The first kappa shape index (κ1) is 17.6. The van der Waals surface area contributed by atoms with Crippen molar-refractivity contribution in [2.24, 2.45) is 0 Å². The monoisotopic (exact) mass is 319 g/mol. The van der Waals surface area contributed by atoms with E-state index in [0.717, 1.165) is 37.3 Å². The van der Waals surface area contributed by atoms with E-state index in [2.05, 4.69) is 6.92 Å². The van der Waals surface area contributed by atoms with Crippen molar-refractivity contribution < 1.29 is 14.3 Å². The normalized spacial score (nSPS) is 13.6. The van der Waals surface area contributed by atoms with Crippen molar-refractivity contribution in [1.82, 2.24) is 4.90 Å². The molecule has 23 heavy (non-hydrogen) atoms. The van der Waals surface area contributed by atoms with Crippen molar-refractivity contribution in [3.8, 4) is 11.5 Å². The third kappa shape index (κ3) is 4.63. The van der Waals surface area contributed by atoms with E-state index >= 15 is 0 Å². The van der Waals surface area contributed by atoms with Crippen LogP contribution in [0.5, 0.6) is 11.5 Å². The van der Waals surface area contributed by atoms with Crippen LogP contribution in [0.15, 0.2) is 12.1 Å². The highest BCUT2D eigenvalue weighted by molar-refractivity contribution is 5.76. The fourth-order valence-corrected chi connectivity index (χ4v) is 3.13. The number of unbranched alkanes of at least 4 members (excludes halogenated alkanes) is 4. The summed E-state index contributed by atoms with van der Waals surface area (Å²) in [5.74, 6) is 1.78. The van der Waals surface area contributed by atoms with Gasteiger partial charge in [-0.15, -0.1) is 0 Å². The van der Waals surface area contributed by atoms with Gasteiger partial charge < -0.3 is 14.4 Å². The third-order valence-corrected chi connectivity index (χ3v) is 4.56. The minimum absolute atomic E-state index is 0.280. The summed E-state index contributed by atoms with van der Waals surface area (Å²) in [7, 11) is 3.30. The third-order valence-electron chi connectivity index (χ3n) is 4.56. The zero-order chi connectivity index (χ0) is 16.7. The van der Waals surface area contributed by atoms with Crippen LogP contribution >= 0.6 is 0 Å². The molecule has 128 valence electrons. The Labute approximate surface area is 139 Å². The maximum atomic E-state index is 12.4. The van der Waals surface area contributed by atoms with Crippen LogP contribution in [-0.4, -0.2) is 31.6 Å². The van der Waals surface area contributed by atoms with Gasteiger partial charge in [0, 0.05) is 19.5 Å².